The van der Waals surface area contributed by atoms with E-state index in [-0.39, 0.29) is 12.1 Å². The highest BCUT2D eigenvalue weighted by Gasteiger charge is 2.22. The molecule has 1 saturated heterocycles. The Morgan fingerprint density at radius 1 is 1.27 bits per heavy atom. The second-order valence-electron chi connectivity index (χ2n) is 5.48. The van der Waals surface area contributed by atoms with E-state index in [1.807, 2.05) is 23.1 Å². The van der Waals surface area contributed by atoms with Gasteiger partial charge in [0.2, 0.25) is 0 Å². The zero-order valence-electron chi connectivity index (χ0n) is 12.8. The Labute approximate surface area is 130 Å². The number of amides is 2. The quantitative estimate of drug-likeness (QED) is 0.925. The summed E-state index contributed by atoms with van der Waals surface area (Å²) in [6.07, 6.45) is 1.07. The summed E-state index contributed by atoms with van der Waals surface area (Å²) < 4.78 is 16.6. The van der Waals surface area contributed by atoms with E-state index in [4.69, 9.17) is 14.2 Å². The Balaban J connectivity index is 1.54. The van der Waals surface area contributed by atoms with Gasteiger partial charge in [-0.05, 0) is 24.1 Å². The van der Waals surface area contributed by atoms with E-state index < -0.39 is 0 Å². The highest BCUT2D eigenvalue weighted by Crippen LogP contribution is 2.30. The first-order valence-electron chi connectivity index (χ1n) is 7.79. The second kappa shape index (κ2) is 6.87. The topological polar surface area (TPSA) is 60.0 Å². The number of hydrogen-bond acceptors (Lipinski definition) is 4. The van der Waals surface area contributed by atoms with Gasteiger partial charge in [-0.25, -0.2) is 4.79 Å². The van der Waals surface area contributed by atoms with Gasteiger partial charge in [-0.3, -0.25) is 0 Å². The van der Waals surface area contributed by atoms with Crippen molar-refractivity contribution >= 4 is 6.03 Å². The number of rotatable bonds is 3. The maximum absolute atomic E-state index is 12.2. The average Bonchev–Trinajstić information content (AvgIpc) is 2.59. The molecule has 0 aliphatic carbocycles. The van der Waals surface area contributed by atoms with Crippen LogP contribution in [0.4, 0.5) is 4.79 Å². The summed E-state index contributed by atoms with van der Waals surface area (Å²) in [4.78, 5) is 14.0. The Hall–Kier alpha value is -1.95. The molecule has 3 rings (SSSR count). The minimum absolute atomic E-state index is 0.0448. The lowest BCUT2D eigenvalue weighted by Gasteiger charge is -2.32. The zero-order chi connectivity index (χ0) is 15.4. The monoisotopic (exact) mass is 306 g/mol. The molecule has 1 aromatic carbocycles. The van der Waals surface area contributed by atoms with Crippen LogP contribution >= 0.6 is 0 Å². The molecule has 0 saturated carbocycles. The molecule has 0 spiro atoms. The smallest absolute Gasteiger partial charge is 0.317 e. The fraction of sp³-hybridized carbons (Fsp3) is 0.562. The molecule has 120 valence electrons. The fourth-order valence-electron chi connectivity index (χ4n) is 2.64. The molecule has 6 nitrogen and oxygen atoms in total. The highest BCUT2D eigenvalue weighted by molar-refractivity contribution is 5.74. The van der Waals surface area contributed by atoms with Crippen LogP contribution in [-0.4, -0.2) is 49.9 Å². The maximum Gasteiger partial charge on any atom is 0.317 e. The van der Waals surface area contributed by atoms with Crippen LogP contribution in [-0.2, 0) is 11.3 Å². The van der Waals surface area contributed by atoms with Gasteiger partial charge in [0.25, 0.3) is 0 Å². The molecular weight excluding hydrogens is 284 g/mol. The first kappa shape index (κ1) is 15.0. The van der Waals surface area contributed by atoms with Crippen LogP contribution in [0.2, 0.25) is 0 Å². The van der Waals surface area contributed by atoms with Gasteiger partial charge in [-0.15, -0.1) is 0 Å². The van der Waals surface area contributed by atoms with Gasteiger partial charge in [-0.1, -0.05) is 13.0 Å². The number of urea groups is 1. The molecule has 6 heteroatoms. The van der Waals surface area contributed by atoms with Crippen molar-refractivity contribution in [2.75, 3.05) is 32.9 Å². The first-order chi connectivity index (χ1) is 10.8. The van der Waals surface area contributed by atoms with E-state index in [0.29, 0.717) is 39.5 Å². The SMILES string of the molecule is CC[C@@H]1CN(C(=O)NCc2ccc3c(c2)OCCO3)CCO1. The van der Waals surface area contributed by atoms with Crippen molar-refractivity contribution in [3.8, 4) is 11.5 Å². The maximum atomic E-state index is 12.2. The lowest BCUT2D eigenvalue weighted by Crippen LogP contribution is -2.49. The highest BCUT2D eigenvalue weighted by atomic mass is 16.6. The first-order valence-corrected chi connectivity index (χ1v) is 7.79. The van der Waals surface area contributed by atoms with Gasteiger partial charge in [0.1, 0.15) is 13.2 Å². The predicted molar refractivity (Wildman–Crippen MR) is 81.3 cm³/mol. The van der Waals surface area contributed by atoms with E-state index in [1.165, 1.54) is 0 Å². The molecule has 2 amide bonds. The van der Waals surface area contributed by atoms with Crippen LogP contribution in [0.1, 0.15) is 18.9 Å². The van der Waals surface area contributed by atoms with Crippen LogP contribution < -0.4 is 14.8 Å². The van der Waals surface area contributed by atoms with Crippen molar-refractivity contribution in [1.82, 2.24) is 10.2 Å². The Bertz CT molecular complexity index is 535. The molecular formula is C16H22N2O4. The second-order valence-corrected chi connectivity index (χ2v) is 5.48. The summed E-state index contributed by atoms with van der Waals surface area (Å²) in [5.41, 5.74) is 0.998. The molecule has 2 aliphatic rings. The molecule has 0 radical (unpaired) electrons. The average molecular weight is 306 g/mol. The summed E-state index contributed by atoms with van der Waals surface area (Å²) in [5, 5.41) is 2.96. The van der Waals surface area contributed by atoms with E-state index >= 15 is 0 Å². The number of benzene rings is 1. The minimum Gasteiger partial charge on any atom is -0.486 e. The van der Waals surface area contributed by atoms with Crippen LogP contribution in [0.15, 0.2) is 18.2 Å². The molecule has 22 heavy (non-hydrogen) atoms. The summed E-state index contributed by atoms with van der Waals surface area (Å²) in [6.45, 7) is 5.60. The van der Waals surface area contributed by atoms with E-state index in [1.54, 1.807) is 0 Å². The van der Waals surface area contributed by atoms with Gasteiger partial charge in [-0.2, -0.15) is 0 Å². The summed E-state index contributed by atoms with van der Waals surface area (Å²) in [7, 11) is 0. The molecule has 0 aromatic heterocycles. The Morgan fingerprint density at radius 2 is 2.09 bits per heavy atom. The van der Waals surface area contributed by atoms with Crippen molar-refractivity contribution in [1.29, 1.82) is 0 Å². The van der Waals surface area contributed by atoms with Gasteiger partial charge in [0.05, 0.1) is 12.7 Å². The van der Waals surface area contributed by atoms with Crippen LogP contribution in [0.25, 0.3) is 0 Å². The third-order valence-corrected chi connectivity index (χ3v) is 3.93. The number of fused-ring (bicyclic) bond motifs is 1. The normalized spacial score (nSPS) is 20.6. The number of carbonyl (C=O) groups excluding carboxylic acids is 1. The van der Waals surface area contributed by atoms with Crippen LogP contribution in [0.3, 0.4) is 0 Å². The molecule has 1 aromatic rings. The van der Waals surface area contributed by atoms with E-state index in [2.05, 4.69) is 12.2 Å². The molecule has 0 unspecified atom stereocenters. The number of nitrogens with one attached hydrogen (secondary N) is 1. The molecule has 2 aliphatic heterocycles. The predicted octanol–water partition coefficient (Wildman–Crippen LogP) is 1.78. The number of hydrogen-bond donors (Lipinski definition) is 1. The number of carbonyl (C=O) groups is 1. The molecule has 1 atom stereocenters. The number of nitrogens with zero attached hydrogens (tertiary/aromatic N) is 1. The zero-order valence-corrected chi connectivity index (χ0v) is 12.8. The summed E-state index contributed by atoms with van der Waals surface area (Å²) >= 11 is 0. The molecule has 0 bridgehead atoms. The standard InChI is InChI=1S/C16H22N2O4/c1-2-13-11-18(5-6-20-13)16(19)17-10-12-3-4-14-15(9-12)22-8-7-21-14/h3-4,9,13H,2,5-8,10-11H2,1H3,(H,17,19)/t13-/m1/s1. The van der Waals surface area contributed by atoms with E-state index in [9.17, 15) is 4.79 Å². The third-order valence-electron chi connectivity index (χ3n) is 3.93. The summed E-state index contributed by atoms with van der Waals surface area (Å²) in [5.74, 6) is 1.51. The fourth-order valence-corrected chi connectivity index (χ4v) is 2.64. The van der Waals surface area contributed by atoms with Gasteiger partial charge < -0.3 is 24.4 Å². The number of ether oxygens (including phenoxy) is 3. The Morgan fingerprint density at radius 3 is 2.91 bits per heavy atom. The van der Waals surface area contributed by atoms with Crippen molar-refractivity contribution in [3.63, 3.8) is 0 Å². The molecule has 2 heterocycles. The Kier molecular flexibility index (Phi) is 4.68. The lowest BCUT2D eigenvalue weighted by molar-refractivity contribution is -0.0154. The van der Waals surface area contributed by atoms with Crippen molar-refractivity contribution in [2.24, 2.45) is 0 Å². The molecule has 1 N–H and O–H groups in total. The van der Waals surface area contributed by atoms with Gasteiger partial charge in [0, 0.05) is 19.6 Å². The van der Waals surface area contributed by atoms with Crippen molar-refractivity contribution in [2.45, 2.75) is 26.0 Å². The van der Waals surface area contributed by atoms with Gasteiger partial charge >= 0.3 is 6.03 Å². The summed E-state index contributed by atoms with van der Waals surface area (Å²) in [6, 6.07) is 5.71. The largest absolute Gasteiger partial charge is 0.486 e. The molecule has 1 fully saturated rings. The van der Waals surface area contributed by atoms with Crippen LogP contribution in [0, 0.1) is 0 Å². The lowest BCUT2D eigenvalue weighted by atomic mass is 10.2. The van der Waals surface area contributed by atoms with Crippen molar-refractivity contribution < 1.29 is 19.0 Å². The van der Waals surface area contributed by atoms with E-state index in [0.717, 1.165) is 23.5 Å². The number of morpholine rings is 1. The van der Waals surface area contributed by atoms with Crippen molar-refractivity contribution in [3.05, 3.63) is 23.8 Å². The van der Waals surface area contributed by atoms with Crippen LogP contribution in [0.5, 0.6) is 11.5 Å². The minimum atomic E-state index is -0.0448. The third kappa shape index (κ3) is 3.44. The van der Waals surface area contributed by atoms with Gasteiger partial charge in [0.15, 0.2) is 11.5 Å².